The first-order valence-electron chi connectivity index (χ1n) is 6.49. The molecule has 3 fully saturated rings. The van der Waals surface area contributed by atoms with Crippen molar-refractivity contribution >= 4 is 11.8 Å². The Balaban J connectivity index is 1.63. The highest BCUT2D eigenvalue weighted by molar-refractivity contribution is 7.99. The molecule has 3 nitrogen and oxygen atoms in total. The van der Waals surface area contributed by atoms with Gasteiger partial charge in [-0.1, -0.05) is 0 Å². The molecule has 92 valence electrons. The lowest BCUT2D eigenvalue weighted by atomic mass is 9.89. The Kier molecular flexibility index (Phi) is 3.17. The number of nitrogens with two attached hydrogens (primary N) is 1. The van der Waals surface area contributed by atoms with Crippen LogP contribution in [0.5, 0.6) is 0 Å². The van der Waals surface area contributed by atoms with Crippen molar-refractivity contribution in [3.8, 4) is 0 Å². The zero-order valence-electron chi connectivity index (χ0n) is 9.86. The van der Waals surface area contributed by atoms with Gasteiger partial charge < -0.3 is 10.5 Å². The molecule has 2 unspecified atom stereocenters. The number of thioether (sulfide) groups is 1. The first-order valence-corrected chi connectivity index (χ1v) is 7.64. The Labute approximate surface area is 102 Å². The van der Waals surface area contributed by atoms with Crippen LogP contribution in [0.25, 0.3) is 0 Å². The van der Waals surface area contributed by atoms with E-state index in [2.05, 4.69) is 16.7 Å². The lowest BCUT2D eigenvalue weighted by Gasteiger charge is -2.41. The molecule has 0 radical (unpaired) electrons. The van der Waals surface area contributed by atoms with Gasteiger partial charge in [-0.25, -0.2) is 0 Å². The quantitative estimate of drug-likeness (QED) is 0.746. The molecule has 1 spiro atoms. The van der Waals surface area contributed by atoms with E-state index in [-0.39, 0.29) is 5.60 Å². The summed E-state index contributed by atoms with van der Waals surface area (Å²) in [5.74, 6) is 2.50. The molecule has 16 heavy (non-hydrogen) atoms. The van der Waals surface area contributed by atoms with Crippen molar-refractivity contribution in [2.45, 2.75) is 43.4 Å². The van der Waals surface area contributed by atoms with Gasteiger partial charge in [-0.15, -0.1) is 0 Å². The third-order valence-electron chi connectivity index (χ3n) is 4.31. The highest BCUT2D eigenvalue weighted by Gasteiger charge is 2.42. The van der Waals surface area contributed by atoms with Gasteiger partial charge in [0, 0.05) is 37.5 Å². The zero-order chi connectivity index (χ0) is 11.0. The van der Waals surface area contributed by atoms with Crippen molar-refractivity contribution in [3.63, 3.8) is 0 Å². The molecular weight excluding hydrogens is 220 g/mol. The summed E-state index contributed by atoms with van der Waals surface area (Å²) in [5.41, 5.74) is 6.22. The Morgan fingerprint density at radius 2 is 2.31 bits per heavy atom. The van der Waals surface area contributed by atoms with Gasteiger partial charge in [0.05, 0.1) is 5.60 Å². The minimum atomic E-state index is 0.222. The molecule has 0 aromatic heterocycles. The molecule has 0 saturated carbocycles. The summed E-state index contributed by atoms with van der Waals surface area (Å²) in [5, 5.41) is 0. The van der Waals surface area contributed by atoms with Gasteiger partial charge in [-0.2, -0.15) is 11.8 Å². The molecule has 3 atom stereocenters. The normalized spacial score (nSPS) is 45.6. The second-order valence-electron chi connectivity index (χ2n) is 5.52. The molecule has 2 N–H and O–H groups in total. The van der Waals surface area contributed by atoms with Crippen LogP contribution >= 0.6 is 11.8 Å². The van der Waals surface area contributed by atoms with E-state index >= 15 is 0 Å². The minimum Gasteiger partial charge on any atom is -0.374 e. The monoisotopic (exact) mass is 242 g/mol. The topological polar surface area (TPSA) is 38.5 Å². The van der Waals surface area contributed by atoms with Crippen molar-refractivity contribution < 1.29 is 4.74 Å². The number of rotatable bonds is 1. The molecule has 0 aromatic rings. The standard InChI is InChI=1S/C12H22N2OS/c13-10-1-4-14(8-10)11-2-5-15-12(7-11)3-6-16-9-12/h10-11H,1-9,13H2/t10-,11?,12?/m1/s1. The van der Waals surface area contributed by atoms with Crippen molar-refractivity contribution in [2.75, 3.05) is 31.2 Å². The fourth-order valence-electron chi connectivity index (χ4n) is 3.32. The molecule has 3 aliphatic rings. The predicted molar refractivity (Wildman–Crippen MR) is 67.8 cm³/mol. The summed E-state index contributed by atoms with van der Waals surface area (Å²) in [4.78, 5) is 2.61. The second kappa shape index (κ2) is 4.48. The van der Waals surface area contributed by atoms with Crippen molar-refractivity contribution in [1.29, 1.82) is 0 Å². The number of hydrogen-bond donors (Lipinski definition) is 1. The van der Waals surface area contributed by atoms with E-state index in [0.29, 0.717) is 6.04 Å². The van der Waals surface area contributed by atoms with Crippen LogP contribution in [-0.2, 0) is 4.74 Å². The van der Waals surface area contributed by atoms with Gasteiger partial charge in [-0.05, 0) is 31.4 Å². The maximum Gasteiger partial charge on any atom is 0.0795 e. The van der Waals surface area contributed by atoms with Crippen LogP contribution in [0.4, 0.5) is 0 Å². The molecule has 0 aliphatic carbocycles. The molecule has 3 aliphatic heterocycles. The summed E-state index contributed by atoms with van der Waals surface area (Å²) in [6.45, 7) is 3.26. The third-order valence-corrected chi connectivity index (χ3v) is 5.53. The number of ether oxygens (including phenoxy) is 1. The maximum atomic E-state index is 6.06. The van der Waals surface area contributed by atoms with Crippen LogP contribution in [0.15, 0.2) is 0 Å². The summed E-state index contributed by atoms with van der Waals surface area (Å²) in [7, 11) is 0. The first kappa shape index (κ1) is 11.3. The van der Waals surface area contributed by atoms with Gasteiger partial charge >= 0.3 is 0 Å². The molecule has 3 heterocycles. The Morgan fingerprint density at radius 1 is 1.38 bits per heavy atom. The van der Waals surface area contributed by atoms with E-state index in [1.807, 2.05) is 0 Å². The van der Waals surface area contributed by atoms with E-state index < -0.39 is 0 Å². The van der Waals surface area contributed by atoms with Gasteiger partial charge in [0.1, 0.15) is 0 Å². The zero-order valence-corrected chi connectivity index (χ0v) is 10.7. The fourth-order valence-corrected chi connectivity index (χ4v) is 4.70. The summed E-state index contributed by atoms with van der Waals surface area (Å²) in [6.07, 6.45) is 4.89. The van der Waals surface area contributed by atoms with Gasteiger partial charge in [0.15, 0.2) is 0 Å². The van der Waals surface area contributed by atoms with E-state index in [0.717, 1.165) is 19.2 Å². The number of likely N-dealkylation sites (tertiary alicyclic amines) is 1. The maximum absolute atomic E-state index is 6.06. The van der Waals surface area contributed by atoms with Crippen LogP contribution in [0.2, 0.25) is 0 Å². The van der Waals surface area contributed by atoms with Crippen molar-refractivity contribution in [2.24, 2.45) is 5.73 Å². The first-order chi connectivity index (χ1) is 7.77. The summed E-state index contributed by atoms with van der Waals surface area (Å²) >= 11 is 2.06. The van der Waals surface area contributed by atoms with Crippen molar-refractivity contribution in [1.82, 2.24) is 4.90 Å². The molecule has 3 rings (SSSR count). The van der Waals surface area contributed by atoms with E-state index in [1.54, 1.807) is 0 Å². The van der Waals surface area contributed by atoms with Crippen LogP contribution in [0.1, 0.15) is 25.7 Å². The van der Waals surface area contributed by atoms with Gasteiger partial charge in [-0.3, -0.25) is 4.90 Å². The fraction of sp³-hybridized carbons (Fsp3) is 1.00. The average Bonchev–Trinajstić information content (AvgIpc) is 2.89. The third kappa shape index (κ3) is 2.13. The lowest BCUT2D eigenvalue weighted by molar-refractivity contribution is -0.0868. The SMILES string of the molecule is N[C@@H]1CCN(C2CCOC3(CCSC3)C2)C1. The highest BCUT2D eigenvalue weighted by Crippen LogP contribution is 2.39. The second-order valence-corrected chi connectivity index (χ2v) is 6.63. The Morgan fingerprint density at radius 3 is 3.00 bits per heavy atom. The van der Waals surface area contributed by atoms with E-state index in [9.17, 15) is 0 Å². The molecule has 0 amide bonds. The summed E-state index contributed by atoms with van der Waals surface area (Å²) < 4.78 is 6.06. The summed E-state index contributed by atoms with van der Waals surface area (Å²) in [6, 6.07) is 1.15. The van der Waals surface area contributed by atoms with E-state index in [4.69, 9.17) is 10.5 Å². The van der Waals surface area contributed by atoms with Crippen molar-refractivity contribution in [3.05, 3.63) is 0 Å². The Hall–Kier alpha value is 0.230. The van der Waals surface area contributed by atoms with E-state index in [1.165, 1.54) is 43.7 Å². The molecule has 0 bridgehead atoms. The largest absolute Gasteiger partial charge is 0.374 e. The number of hydrogen-bond acceptors (Lipinski definition) is 4. The van der Waals surface area contributed by atoms with Crippen LogP contribution < -0.4 is 5.73 Å². The minimum absolute atomic E-state index is 0.222. The van der Waals surface area contributed by atoms with Crippen LogP contribution in [0, 0.1) is 0 Å². The van der Waals surface area contributed by atoms with Crippen LogP contribution in [-0.4, -0.2) is 53.8 Å². The number of nitrogens with zero attached hydrogens (tertiary/aromatic N) is 1. The highest BCUT2D eigenvalue weighted by atomic mass is 32.2. The molecule has 4 heteroatoms. The predicted octanol–water partition coefficient (Wildman–Crippen LogP) is 1.07. The lowest BCUT2D eigenvalue weighted by Crippen LogP contribution is -2.48. The molecular formula is C12H22N2OS. The smallest absolute Gasteiger partial charge is 0.0795 e. The van der Waals surface area contributed by atoms with Gasteiger partial charge in [0.2, 0.25) is 0 Å². The van der Waals surface area contributed by atoms with Crippen LogP contribution in [0.3, 0.4) is 0 Å². The molecule has 0 aromatic carbocycles. The average molecular weight is 242 g/mol. The molecule has 3 saturated heterocycles. The van der Waals surface area contributed by atoms with Gasteiger partial charge in [0.25, 0.3) is 0 Å². The Bertz CT molecular complexity index is 255.